The number of hydrogen-bond donors (Lipinski definition) is 0. The van der Waals surface area contributed by atoms with Gasteiger partial charge in [0, 0.05) is 21.7 Å². The molecule has 0 unspecified atom stereocenters. The van der Waals surface area contributed by atoms with Crippen molar-refractivity contribution in [3.63, 3.8) is 0 Å². The zero-order valence-corrected chi connectivity index (χ0v) is 13.6. The molecule has 4 nitrogen and oxygen atoms in total. The van der Waals surface area contributed by atoms with Crippen molar-refractivity contribution in [2.24, 2.45) is 0 Å². The number of halogens is 1. The molecule has 0 N–H and O–H groups in total. The van der Waals surface area contributed by atoms with Crippen molar-refractivity contribution in [3.05, 3.63) is 76.3 Å². The van der Waals surface area contributed by atoms with Crippen LogP contribution in [0.3, 0.4) is 0 Å². The number of benzene rings is 2. The van der Waals surface area contributed by atoms with Crippen LogP contribution in [0.15, 0.2) is 64.9 Å². The highest BCUT2D eigenvalue weighted by Crippen LogP contribution is 2.31. The van der Waals surface area contributed by atoms with Crippen molar-refractivity contribution in [2.75, 3.05) is 0 Å². The van der Waals surface area contributed by atoms with Gasteiger partial charge in [-0.3, -0.25) is 4.79 Å². The molecular formula is C19H10FN3OS. The Morgan fingerprint density at radius 2 is 1.84 bits per heavy atom. The average Bonchev–Trinajstić information content (AvgIpc) is 3.07. The van der Waals surface area contributed by atoms with Gasteiger partial charge in [-0.15, -0.1) is 11.3 Å². The first-order chi connectivity index (χ1) is 12.2. The summed E-state index contributed by atoms with van der Waals surface area (Å²) < 4.78 is 14.5. The van der Waals surface area contributed by atoms with E-state index in [1.165, 1.54) is 28.0 Å². The van der Waals surface area contributed by atoms with Crippen LogP contribution in [0.25, 0.3) is 37.8 Å². The van der Waals surface area contributed by atoms with Gasteiger partial charge in [0.1, 0.15) is 10.6 Å². The molecule has 0 aliphatic carbocycles. The second kappa shape index (κ2) is 5.19. The van der Waals surface area contributed by atoms with Crippen LogP contribution in [0.1, 0.15) is 0 Å². The molecule has 0 radical (unpaired) electrons. The fourth-order valence-corrected chi connectivity index (χ4v) is 3.98. The highest BCUT2D eigenvalue weighted by Gasteiger charge is 2.15. The third-order valence-electron chi connectivity index (χ3n) is 4.26. The lowest BCUT2D eigenvalue weighted by atomic mass is 10.1. The lowest BCUT2D eigenvalue weighted by Crippen LogP contribution is -2.17. The largest absolute Gasteiger partial charge is 0.283 e. The fourth-order valence-electron chi connectivity index (χ4n) is 3.04. The lowest BCUT2D eigenvalue weighted by molar-refractivity contribution is 0.628. The molecule has 0 aliphatic rings. The Labute approximate surface area is 144 Å². The van der Waals surface area contributed by atoms with Crippen molar-refractivity contribution in [1.29, 1.82) is 0 Å². The monoisotopic (exact) mass is 347 g/mol. The minimum absolute atomic E-state index is 0.216. The fraction of sp³-hybridized carbons (Fsp3) is 0. The summed E-state index contributed by atoms with van der Waals surface area (Å²) in [5.74, 6) is -0.309. The van der Waals surface area contributed by atoms with Crippen LogP contribution < -0.4 is 5.56 Å². The van der Waals surface area contributed by atoms with Crippen LogP contribution in [-0.2, 0) is 0 Å². The van der Waals surface area contributed by atoms with E-state index in [1.54, 1.807) is 18.3 Å². The first-order valence-electron chi connectivity index (χ1n) is 7.66. The minimum Gasteiger partial charge on any atom is -0.267 e. The van der Waals surface area contributed by atoms with Gasteiger partial charge >= 0.3 is 0 Å². The maximum absolute atomic E-state index is 13.2. The molecule has 5 aromatic rings. The molecule has 0 bridgehead atoms. The Morgan fingerprint density at radius 1 is 1.04 bits per heavy atom. The molecule has 120 valence electrons. The summed E-state index contributed by atoms with van der Waals surface area (Å²) in [4.78, 5) is 18.4. The summed E-state index contributed by atoms with van der Waals surface area (Å²) >= 11 is 1.40. The highest BCUT2D eigenvalue weighted by molar-refractivity contribution is 7.17. The van der Waals surface area contributed by atoms with Crippen LogP contribution in [0.2, 0.25) is 0 Å². The molecule has 0 atom stereocenters. The minimum atomic E-state index is -0.309. The van der Waals surface area contributed by atoms with Gasteiger partial charge in [0.05, 0.1) is 11.6 Å². The van der Waals surface area contributed by atoms with Gasteiger partial charge in [0.2, 0.25) is 0 Å². The van der Waals surface area contributed by atoms with Gasteiger partial charge < -0.3 is 0 Å². The van der Waals surface area contributed by atoms with E-state index < -0.39 is 0 Å². The van der Waals surface area contributed by atoms with E-state index >= 15 is 0 Å². The molecule has 3 aromatic heterocycles. The van der Waals surface area contributed by atoms with Crippen molar-refractivity contribution in [2.45, 2.75) is 0 Å². The predicted octanol–water partition coefficient (Wildman–Crippen LogP) is 4.26. The van der Waals surface area contributed by atoms with E-state index in [-0.39, 0.29) is 11.4 Å². The summed E-state index contributed by atoms with van der Waals surface area (Å²) in [6.07, 6.45) is 1.67. The second-order valence-electron chi connectivity index (χ2n) is 5.72. The van der Waals surface area contributed by atoms with Crippen LogP contribution in [-0.4, -0.2) is 14.6 Å². The van der Waals surface area contributed by atoms with E-state index in [0.717, 1.165) is 21.9 Å². The number of aromatic nitrogens is 3. The lowest BCUT2D eigenvalue weighted by Gasteiger charge is -2.05. The van der Waals surface area contributed by atoms with E-state index in [2.05, 4.69) is 10.1 Å². The Bertz CT molecular complexity index is 1320. The second-order valence-corrected chi connectivity index (χ2v) is 6.58. The summed E-state index contributed by atoms with van der Waals surface area (Å²) in [5.41, 5.74) is 1.86. The van der Waals surface area contributed by atoms with E-state index in [1.807, 2.05) is 29.6 Å². The molecule has 2 aromatic carbocycles. The van der Waals surface area contributed by atoms with Gasteiger partial charge in [-0.05, 0) is 17.7 Å². The standard InChI is InChI=1S/C19H10FN3OS/c20-13-7-5-11(6-8-13)15-10-25-18-16(15)19(24)23-17(22-18)14-4-2-1-3-12(14)9-21-23/h1-10H. The van der Waals surface area contributed by atoms with Crippen molar-refractivity contribution >= 4 is 38.0 Å². The van der Waals surface area contributed by atoms with Crippen LogP contribution in [0.5, 0.6) is 0 Å². The first kappa shape index (κ1) is 14.2. The molecule has 5 rings (SSSR count). The smallest absolute Gasteiger partial charge is 0.267 e. The number of fused-ring (bicyclic) bond motifs is 4. The molecule has 0 saturated carbocycles. The SMILES string of the molecule is O=c1c2c(-c3ccc(F)cc3)csc2nc2c3ccccc3cnn12. The number of thiophene rings is 1. The van der Waals surface area contributed by atoms with Crippen molar-refractivity contribution in [1.82, 2.24) is 14.6 Å². The molecule has 25 heavy (non-hydrogen) atoms. The van der Waals surface area contributed by atoms with Gasteiger partial charge in [0.15, 0.2) is 5.65 Å². The average molecular weight is 347 g/mol. The van der Waals surface area contributed by atoms with Crippen LogP contribution >= 0.6 is 11.3 Å². The zero-order valence-electron chi connectivity index (χ0n) is 12.8. The molecule has 6 heteroatoms. The van der Waals surface area contributed by atoms with E-state index in [0.29, 0.717) is 15.9 Å². The molecule has 0 spiro atoms. The maximum atomic E-state index is 13.2. The molecule has 0 amide bonds. The van der Waals surface area contributed by atoms with Gasteiger partial charge in [-0.25, -0.2) is 9.37 Å². The molecular weight excluding hydrogens is 337 g/mol. The Hall–Kier alpha value is -3.12. The number of nitrogens with zero attached hydrogens (tertiary/aromatic N) is 3. The molecule has 0 fully saturated rings. The van der Waals surface area contributed by atoms with Gasteiger partial charge in [-0.2, -0.15) is 9.61 Å². The third kappa shape index (κ3) is 2.08. The number of rotatable bonds is 1. The van der Waals surface area contributed by atoms with Crippen LogP contribution in [0.4, 0.5) is 4.39 Å². The Morgan fingerprint density at radius 3 is 2.68 bits per heavy atom. The predicted molar refractivity (Wildman–Crippen MR) is 97.5 cm³/mol. The van der Waals surface area contributed by atoms with Gasteiger partial charge in [-0.1, -0.05) is 36.4 Å². The molecule has 3 heterocycles. The Balaban J connectivity index is 1.90. The summed E-state index contributed by atoms with van der Waals surface area (Å²) in [6.45, 7) is 0. The Kier molecular flexibility index (Phi) is 2.96. The summed E-state index contributed by atoms with van der Waals surface area (Å²) in [7, 11) is 0. The normalized spacial score (nSPS) is 11.6. The van der Waals surface area contributed by atoms with Crippen molar-refractivity contribution in [3.8, 4) is 11.1 Å². The van der Waals surface area contributed by atoms with Crippen LogP contribution in [0, 0.1) is 5.82 Å². The number of hydrogen-bond acceptors (Lipinski definition) is 4. The third-order valence-corrected chi connectivity index (χ3v) is 5.13. The zero-order chi connectivity index (χ0) is 17.0. The quantitative estimate of drug-likeness (QED) is 0.426. The van der Waals surface area contributed by atoms with E-state index in [9.17, 15) is 9.18 Å². The highest BCUT2D eigenvalue weighted by atomic mass is 32.1. The molecule has 0 aliphatic heterocycles. The summed E-state index contributed by atoms with van der Waals surface area (Å²) in [5, 5.41) is 8.48. The maximum Gasteiger partial charge on any atom is 0.283 e. The summed E-state index contributed by atoms with van der Waals surface area (Å²) in [6, 6.07) is 13.8. The van der Waals surface area contributed by atoms with Gasteiger partial charge in [0.25, 0.3) is 5.56 Å². The first-order valence-corrected chi connectivity index (χ1v) is 8.54. The van der Waals surface area contributed by atoms with Crippen molar-refractivity contribution < 1.29 is 4.39 Å². The topological polar surface area (TPSA) is 47.3 Å². The molecule has 0 saturated heterocycles. The van der Waals surface area contributed by atoms with E-state index in [4.69, 9.17) is 0 Å².